The minimum absolute atomic E-state index is 0.0352. The third-order valence-electron chi connectivity index (χ3n) is 2.68. The van der Waals surface area contributed by atoms with Crippen molar-refractivity contribution in [1.82, 2.24) is 4.98 Å². The van der Waals surface area contributed by atoms with E-state index < -0.39 is 0 Å². The van der Waals surface area contributed by atoms with Crippen LogP contribution in [0.1, 0.15) is 24.5 Å². The standard InChI is InChI=1S/C12H20N4O/c1-3-16(7-4-8-17)12-10(11(13)14)9(2)5-6-15-12/h5-6,17H,3-4,7-8H2,1-2H3,(H3,13,14). The number of nitrogen functional groups attached to an aromatic ring is 1. The van der Waals surface area contributed by atoms with Crippen LogP contribution in [0, 0.1) is 12.3 Å². The molecule has 1 heterocycles. The van der Waals surface area contributed by atoms with Gasteiger partial charge in [0.25, 0.3) is 0 Å². The number of hydrogen-bond acceptors (Lipinski definition) is 4. The summed E-state index contributed by atoms with van der Waals surface area (Å²) in [6, 6.07) is 1.85. The number of nitrogens with one attached hydrogen (secondary N) is 1. The largest absolute Gasteiger partial charge is 0.396 e. The fourth-order valence-electron chi connectivity index (χ4n) is 1.79. The average molecular weight is 236 g/mol. The van der Waals surface area contributed by atoms with Gasteiger partial charge in [-0.25, -0.2) is 4.98 Å². The molecular weight excluding hydrogens is 216 g/mol. The second kappa shape index (κ2) is 6.20. The maximum atomic E-state index is 8.88. The Balaban J connectivity index is 3.09. The lowest BCUT2D eigenvalue weighted by atomic mass is 10.1. The zero-order valence-electron chi connectivity index (χ0n) is 10.4. The second-order valence-electron chi connectivity index (χ2n) is 3.90. The van der Waals surface area contributed by atoms with Crippen LogP contribution in [0.3, 0.4) is 0 Å². The van der Waals surface area contributed by atoms with Gasteiger partial charge in [-0.2, -0.15) is 0 Å². The number of nitrogens with zero attached hydrogens (tertiary/aromatic N) is 2. The van der Waals surface area contributed by atoms with Crippen molar-refractivity contribution in [2.45, 2.75) is 20.3 Å². The molecule has 0 unspecified atom stereocenters. The number of anilines is 1. The number of aliphatic hydroxyl groups is 1. The molecule has 0 aromatic carbocycles. The molecule has 94 valence electrons. The normalized spacial score (nSPS) is 10.3. The number of amidine groups is 1. The van der Waals surface area contributed by atoms with Crippen LogP contribution < -0.4 is 10.6 Å². The van der Waals surface area contributed by atoms with Crippen molar-refractivity contribution in [3.8, 4) is 0 Å². The van der Waals surface area contributed by atoms with Gasteiger partial charge < -0.3 is 15.7 Å². The molecule has 1 rings (SSSR count). The van der Waals surface area contributed by atoms with Crippen LogP contribution in [0.2, 0.25) is 0 Å². The first-order chi connectivity index (χ1) is 8.11. The molecule has 4 N–H and O–H groups in total. The second-order valence-corrected chi connectivity index (χ2v) is 3.90. The minimum atomic E-state index is 0.0352. The summed E-state index contributed by atoms with van der Waals surface area (Å²) in [6.45, 7) is 5.57. The van der Waals surface area contributed by atoms with Crippen molar-refractivity contribution in [3.05, 3.63) is 23.4 Å². The third kappa shape index (κ3) is 3.17. The van der Waals surface area contributed by atoms with Gasteiger partial charge in [0.1, 0.15) is 11.7 Å². The van der Waals surface area contributed by atoms with Gasteiger partial charge >= 0.3 is 0 Å². The highest BCUT2D eigenvalue weighted by molar-refractivity contribution is 6.00. The molecule has 0 fully saturated rings. The van der Waals surface area contributed by atoms with Crippen LogP contribution >= 0.6 is 0 Å². The summed E-state index contributed by atoms with van der Waals surface area (Å²) in [4.78, 5) is 6.34. The van der Waals surface area contributed by atoms with Gasteiger partial charge in [-0.3, -0.25) is 5.41 Å². The van der Waals surface area contributed by atoms with Crippen LogP contribution in [0.5, 0.6) is 0 Å². The maximum absolute atomic E-state index is 8.88. The Bertz CT molecular complexity index is 392. The van der Waals surface area contributed by atoms with E-state index in [4.69, 9.17) is 16.2 Å². The number of rotatable bonds is 6. The first kappa shape index (κ1) is 13.4. The van der Waals surface area contributed by atoms with Crippen molar-refractivity contribution < 1.29 is 5.11 Å². The molecule has 0 bridgehead atoms. The van der Waals surface area contributed by atoms with E-state index in [1.807, 2.05) is 24.8 Å². The number of hydrogen-bond donors (Lipinski definition) is 3. The summed E-state index contributed by atoms with van der Waals surface area (Å²) in [5.41, 5.74) is 7.24. The van der Waals surface area contributed by atoms with Crippen LogP contribution in [0.25, 0.3) is 0 Å². The summed E-state index contributed by atoms with van der Waals surface area (Å²) in [7, 11) is 0. The molecule has 17 heavy (non-hydrogen) atoms. The van der Waals surface area contributed by atoms with Gasteiger partial charge in [0, 0.05) is 25.9 Å². The summed E-state index contributed by atoms with van der Waals surface area (Å²) in [6.07, 6.45) is 2.40. The van der Waals surface area contributed by atoms with Crippen LogP contribution in [-0.4, -0.2) is 35.6 Å². The van der Waals surface area contributed by atoms with Gasteiger partial charge in [-0.1, -0.05) is 0 Å². The molecule has 5 heteroatoms. The zero-order chi connectivity index (χ0) is 12.8. The molecule has 0 amide bonds. The van der Waals surface area contributed by atoms with Crippen LogP contribution in [0.15, 0.2) is 12.3 Å². The predicted molar refractivity (Wildman–Crippen MR) is 69.6 cm³/mol. The Hall–Kier alpha value is -1.62. The van der Waals surface area contributed by atoms with Crippen molar-refractivity contribution in [2.24, 2.45) is 5.73 Å². The van der Waals surface area contributed by atoms with E-state index >= 15 is 0 Å². The third-order valence-corrected chi connectivity index (χ3v) is 2.68. The van der Waals surface area contributed by atoms with E-state index in [1.54, 1.807) is 6.20 Å². The minimum Gasteiger partial charge on any atom is -0.396 e. The Morgan fingerprint density at radius 3 is 2.82 bits per heavy atom. The smallest absolute Gasteiger partial charge is 0.139 e. The van der Waals surface area contributed by atoms with Gasteiger partial charge in [0.2, 0.25) is 0 Å². The molecular formula is C12H20N4O. The van der Waals surface area contributed by atoms with E-state index in [0.717, 1.165) is 17.9 Å². The van der Waals surface area contributed by atoms with Gasteiger partial charge in [0.05, 0.1) is 5.56 Å². The van der Waals surface area contributed by atoms with E-state index in [-0.39, 0.29) is 12.4 Å². The van der Waals surface area contributed by atoms with Crippen LogP contribution in [0.4, 0.5) is 5.82 Å². The number of aryl methyl sites for hydroxylation is 1. The highest BCUT2D eigenvalue weighted by atomic mass is 16.3. The van der Waals surface area contributed by atoms with E-state index in [0.29, 0.717) is 18.5 Å². The summed E-state index contributed by atoms with van der Waals surface area (Å²) >= 11 is 0. The number of nitrogens with two attached hydrogens (primary N) is 1. The Kier molecular flexibility index (Phi) is 4.90. The maximum Gasteiger partial charge on any atom is 0.139 e. The fourth-order valence-corrected chi connectivity index (χ4v) is 1.79. The van der Waals surface area contributed by atoms with Crippen molar-refractivity contribution >= 4 is 11.7 Å². The Morgan fingerprint density at radius 1 is 1.59 bits per heavy atom. The topological polar surface area (TPSA) is 86.2 Å². The average Bonchev–Trinajstić information content (AvgIpc) is 2.29. The monoisotopic (exact) mass is 236 g/mol. The van der Waals surface area contributed by atoms with Crippen molar-refractivity contribution in [1.29, 1.82) is 5.41 Å². The van der Waals surface area contributed by atoms with Crippen molar-refractivity contribution in [3.63, 3.8) is 0 Å². The van der Waals surface area contributed by atoms with Gasteiger partial charge in [0.15, 0.2) is 0 Å². The SMILES string of the molecule is CCN(CCCO)c1nccc(C)c1C(=N)N. The molecule has 0 saturated carbocycles. The first-order valence-corrected chi connectivity index (χ1v) is 5.77. The van der Waals surface area contributed by atoms with Gasteiger partial charge in [-0.15, -0.1) is 0 Å². The summed E-state index contributed by atoms with van der Waals surface area (Å²) in [5.74, 6) is 0.765. The highest BCUT2D eigenvalue weighted by Gasteiger charge is 2.15. The van der Waals surface area contributed by atoms with Gasteiger partial charge in [-0.05, 0) is 31.9 Å². The van der Waals surface area contributed by atoms with Crippen molar-refractivity contribution in [2.75, 3.05) is 24.6 Å². The molecule has 0 aliphatic carbocycles. The molecule has 0 aliphatic heterocycles. The molecule has 5 nitrogen and oxygen atoms in total. The highest BCUT2D eigenvalue weighted by Crippen LogP contribution is 2.20. The molecule has 0 atom stereocenters. The van der Waals surface area contributed by atoms with E-state index in [1.165, 1.54) is 0 Å². The lowest BCUT2D eigenvalue weighted by molar-refractivity contribution is 0.289. The summed E-state index contributed by atoms with van der Waals surface area (Å²) < 4.78 is 0. The first-order valence-electron chi connectivity index (χ1n) is 5.77. The molecule has 1 aromatic rings. The summed E-state index contributed by atoms with van der Waals surface area (Å²) in [5, 5.41) is 16.5. The molecule has 0 aliphatic rings. The predicted octanol–water partition coefficient (Wildman–Crippen LogP) is 0.883. The fraction of sp³-hybridized carbons (Fsp3) is 0.500. The molecule has 1 aromatic heterocycles. The quantitative estimate of drug-likeness (QED) is 0.505. The molecule has 0 spiro atoms. The van der Waals surface area contributed by atoms with E-state index in [2.05, 4.69) is 4.98 Å². The Morgan fingerprint density at radius 2 is 2.29 bits per heavy atom. The lowest BCUT2D eigenvalue weighted by Gasteiger charge is -2.24. The number of aromatic nitrogens is 1. The number of aliphatic hydroxyl groups excluding tert-OH is 1. The van der Waals surface area contributed by atoms with E-state index in [9.17, 15) is 0 Å². The Labute approximate surface area is 102 Å². The lowest BCUT2D eigenvalue weighted by Crippen LogP contribution is -2.29. The van der Waals surface area contributed by atoms with Crippen LogP contribution in [-0.2, 0) is 0 Å². The number of pyridine rings is 1. The molecule has 0 radical (unpaired) electrons. The zero-order valence-corrected chi connectivity index (χ0v) is 10.4. The molecule has 0 saturated heterocycles.